The van der Waals surface area contributed by atoms with Gasteiger partial charge in [-0.3, -0.25) is 9.48 Å². The van der Waals surface area contributed by atoms with Crippen LogP contribution in [-0.4, -0.2) is 45.9 Å². The van der Waals surface area contributed by atoms with E-state index in [-0.39, 0.29) is 12.5 Å². The van der Waals surface area contributed by atoms with E-state index in [1.165, 1.54) is 16.9 Å². The largest absolute Gasteiger partial charge is 0.383 e. The van der Waals surface area contributed by atoms with Crippen molar-refractivity contribution in [3.05, 3.63) is 29.2 Å². The summed E-state index contributed by atoms with van der Waals surface area (Å²) in [4.78, 5) is 23.1. The van der Waals surface area contributed by atoms with Gasteiger partial charge in [-0.25, -0.2) is 9.97 Å². The second-order valence-corrected chi connectivity index (χ2v) is 7.24. The van der Waals surface area contributed by atoms with Crippen LogP contribution in [0, 0.1) is 0 Å². The van der Waals surface area contributed by atoms with Gasteiger partial charge in [0.25, 0.3) is 0 Å². The molecule has 0 bridgehead atoms. The highest BCUT2D eigenvalue weighted by atomic mass is 32.1. The molecule has 3 aromatic heterocycles. The standard InChI is InChI=1S/C17H20N6O2S/c1-25-6-5-18-14(24)9-23-8-11(7-21-23)22-16-15-12-3-2-4-13(12)26-17(15)20-10-19-16/h7-8,10H,2-6,9H2,1H3,(H,18,24)(H,19,20,22). The second kappa shape index (κ2) is 7.38. The lowest BCUT2D eigenvalue weighted by Gasteiger charge is -2.06. The lowest BCUT2D eigenvalue weighted by atomic mass is 10.2. The molecular weight excluding hydrogens is 352 g/mol. The van der Waals surface area contributed by atoms with E-state index in [1.54, 1.807) is 41.8 Å². The molecule has 1 aliphatic carbocycles. The van der Waals surface area contributed by atoms with E-state index in [4.69, 9.17) is 4.74 Å². The first-order valence-corrected chi connectivity index (χ1v) is 9.36. The number of rotatable bonds is 7. The molecule has 0 atom stereocenters. The molecule has 1 aliphatic rings. The molecular formula is C17H20N6O2S. The molecule has 8 nitrogen and oxygen atoms in total. The number of methoxy groups -OCH3 is 1. The Bertz CT molecular complexity index is 935. The Labute approximate surface area is 154 Å². The number of ether oxygens (including phenoxy) is 1. The number of nitrogens with zero attached hydrogens (tertiary/aromatic N) is 4. The van der Waals surface area contributed by atoms with Gasteiger partial charge >= 0.3 is 0 Å². The lowest BCUT2D eigenvalue weighted by molar-refractivity contribution is -0.122. The van der Waals surface area contributed by atoms with E-state index in [0.29, 0.717) is 13.2 Å². The predicted molar refractivity (Wildman–Crippen MR) is 99.8 cm³/mol. The van der Waals surface area contributed by atoms with Gasteiger partial charge in [0.2, 0.25) is 5.91 Å². The Morgan fingerprint density at radius 1 is 1.38 bits per heavy atom. The van der Waals surface area contributed by atoms with Crippen molar-refractivity contribution in [2.45, 2.75) is 25.8 Å². The van der Waals surface area contributed by atoms with Gasteiger partial charge in [-0.2, -0.15) is 5.10 Å². The Balaban J connectivity index is 1.48. The average molecular weight is 372 g/mol. The van der Waals surface area contributed by atoms with Crippen LogP contribution in [-0.2, 0) is 28.9 Å². The molecule has 4 rings (SSSR count). The third-order valence-electron chi connectivity index (χ3n) is 4.33. The van der Waals surface area contributed by atoms with E-state index in [9.17, 15) is 4.79 Å². The highest BCUT2D eigenvalue weighted by Crippen LogP contribution is 2.39. The van der Waals surface area contributed by atoms with Gasteiger partial charge in [-0.15, -0.1) is 11.3 Å². The number of aryl methyl sites for hydroxylation is 2. The third kappa shape index (κ3) is 3.40. The summed E-state index contributed by atoms with van der Waals surface area (Å²) in [6.07, 6.45) is 8.50. The van der Waals surface area contributed by atoms with Gasteiger partial charge < -0.3 is 15.4 Å². The van der Waals surface area contributed by atoms with Crippen LogP contribution >= 0.6 is 11.3 Å². The molecule has 3 heterocycles. The molecule has 3 aromatic rings. The van der Waals surface area contributed by atoms with Gasteiger partial charge in [0.15, 0.2) is 0 Å². The van der Waals surface area contributed by atoms with Gasteiger partial charge in [-0.05, 0) is 24.8 Å². The van der Waals surface area contributed by atoms with Crippen LogP contribution in [0.3, 0.4) is 0 Å². The fourth-order valence-corrected chi connectivity index (χ4v) is 4.40. The number of aromatic nitrogens is 4. The number of hydrogen-bond acceptors (Lipinski definition) is 7. The Hall–Kier alpha value is -2.52. The molecule has 0 saturated carbocycles. The average Bonchev–Trinajstić information content (AvgIpc) is 3.31. The molecule has 136 valence electrons. The van der Waals surface area contributed by atoms with Gasteiger partial charge in [0.1, 0.15) is 23.5 Å². The fraction of sp³-hybridized carbons (Fsp3) is 0.412. The Kier molecular flexibility index (Phi) is 4.81. The number of fused-ring (bicyclic) bond motifs is 3. The topological polar surface area (TPSA) is 94.0 Å². The SMILES string of the molecule is COCCNC(=O)Cn1cc(Nc2ncnc3sc4c(c23)CCC4)cn1. The van der Waals surface area contributed by atoms with Crippen molar-refractivity contribution in [3.63, 3.8) is 0 Å². The van der Waals surface area contributed by atoms with Crippen molar-refractivity contribution in [3.8, 4) is 0 Å². The van der Waals surface area contributed by atoms with E-state index in [1.807, 2.05) is 0 Å². The van der Waals surface area contributed by atoms with Crippen LogP contribution in [0.1, 0.15) is 16.9 Å². The van der Waals surface area contributed by atoms with Gasteiger partial charge in [0, 0.05) is 24.7 Å². The number of hydrogen-bond donors (Lipinski definition) is 2. The third-order valence-corrected chi connectivity index (χ3v) is 5.53. The van der Waals surface area contributed by atoms with E-state index < -0.39 is 0 Å². The number of nitrogens with one attached hydrogen (secondary N) is 2. The quantitative estimate of drug-likeness (QED) is 0.615. The lowest BCUT2D eigenvalue weighted by Crippen LogP contribution is -2.30. The molecule has 0 aliphatic heterocycles. The number of anilines is 2. The van der Waals surface area contributed by atoms with Crippen molar-refractivity contribution in [1.82, 2.24) is 25.1 Å². The molecule has 0 aromatic carbocycles. The normalized spacial score (nSPS) is 13.1. The molecule has 0 saturated heterocycles. The molecule has 0 fully saturated rings. The highest BCUT2D eigenvalue weighted by Gasteiger charge is 2.21. The number of carbonyl (C=O) groups excluding carboxylic acids is 1. The maximum atomic E-state index is 11.9. The van der Waals surface area contributed by atoms with E-state index in [2.05, 4.69) is 25.7 Å². The number of amides is 1. The Morgan fingerprint density at radius 2 is 2.31 bits per heavy atom. The van der Waals surface area contributed by atoms with Crippen LogP contribution in [0.15, 0.2) is 18.7 Å². The molecule has 0 spiro atoms. The molecule has 0 radical (unpaired) electrons. The molecule has 2 N–H and O–H groups in total. The van der Waals surface area contributed by atoms with Crippen LogP contribution in [0.2, 0.25) is 0 Å². The summed E-state index contributed by atoms with van der Waals surface area (Å²) >= 11 is 1.76. The maximum absolute atomic E-state index is 11.9. The summed E-state index contributed by atoms with van der Waals surface area (Å²) in [6.45, 7) is 1.15. The maximum Gasteiger partial charge on any atom is 0.241 e. The first-order chi connectivity index (χ1) is 12.7. The number of carbonyl (C=O) groups is 1. The zero-order chi connectivity index (χ0) is 17.9. The molecule has 9 heteroatoms. The van der Waals surface area contributed by atoms with E-state index >= 15 is 0 Å². The van der Waals surface area contributed by atoms with Crippen molar-refractivity contribution >= 4 is 39.0 Å². The summed E-state index contributed by atoms with van der Waals surface area (Å²) in [5.74, 6) is 0.704. The molecule has 26 heavy (non-hydrogen) atoms. The van der Waals surface area contributed by atoms with Crippen LogP contribution < -0.4 is 10.6 Å². The van der Waals surface area contributed by atoms with Crippen molar-refractivity contribution < 1.29 is 9.53 Å². The van der Waals surface area contributed by atoms with Crippen molar-refractivity contribution in [2.75, 3.05) is 25.6 Å². The highest BCUT2D eigenvalue weighted by molar-refractivity contribution is 7.19. The zero-order valence-corrected chi connectivity index (χ0v) is 15.3. The van der Waals surface area contributed by atoms with Gasteiger partial charge in [-0.1, -0.05) is 0 Å². The minimum Gasteiger partial charge on any atom is -0.383 e. The zero-order valence-electron chi connectivity index (χ0n) is 14.5. The monoisotopic (exact) mass is 372 g/mol. The summed E-state index contributed by atoms with van der Waals surface area (Å²) in [5.41, 5.74) is 2.17. The fourth-order valence-electron chi connectivity index (χ4n) is 3.17. The number of thiophene rings is 1. The van der Waals surface area contributed by atoms with Crippen LogP contribution in [0.5, 0.6) is 0 Å². The Morgan fingerprint density at radius 3 is 3.19 bits per heavy atom. The first kappa shape index (κ1) is 16.9. The smallest absolute Gasteiger partial charge is 0.241 e. The van der Waals surface area contributed by atoms with Crippen LogP contribution in [0.4, 0.5) is 11.5 Å². The van der Waals surface area contributed by atoms with Crippen molar-refractivity contribution in [1.29, 1.82) is 0 Å². The summed E-state index contributed by atoms with van der Waals surface area (Å²) in [6, 6.07) is 0. The molecule has 0 unspecified atom stereocenters. The predicted octanol–water partition coefficient (Wildman–Crippen LogP) is 1.88. The van der Waals surface area contributed by atoms with Gasteiger partial charge in [0.05, 0.1) is 23.9 Å². The second-order valence-electron chi connectivity index (χ2n) is 6.15. The van der Waals surface area contributed by atoms with Crippen LogP contribution in [0.25, 0.3) is 10.2 Å². The summed E-state index contributed by atoms with van der Waals surface area (Å²) in [5, 5.41) is 11.5. The van der Waals surface area contributed by atoms with E-state index in [0.717, 1.165) is 34.6 Å². The summed E-state index contributed by atoms with van der Waals surface area (Å²) < 4.78 is 6.51. The minimum absolute atomic E-state index is 0.100. The minimum atomic E-state index is -0.100. The molecule has 1 amide bonds. The first-order valence-electron chi connectivity index (χ1n) is 8.55. The van der Waals surface area contributed by atoms with Crippen molar-refractivity contribution in [2.24, 2.45) is 0 Å². The summed E-state index contributed by atoms with van der Waals surface area (Å²) in [7, 11) is 1.60.